The van der Waals surface area contributed by atoms with Crippen LogP contribution in [0.5, 0.6) is 11.5 Å². The molecule has 18 heavy (non-hydrogen) atoms. The van der Waals surface area contributed by atoms with Gasteiger partial charge in [0.2, 0.25) is 0 Å². The van der Waals surface area contributed by atoms with E-state index in [4.69, 9.17) is 9.47 Å². The molecular formula is C14H18O4. The van der Waals surface area contributed by atoms with Crippen LogP contribution in [-0.4, -0.2) is 24.8 Å². The molecule has 1 aliphatic rings. The molecule has 2 atom stereocenters. The summed E-state index contributed by atoms with van der Waals surface area (Å²) < 4.78 is 10.8. The number of methoxy groups -OCH3 is 1. The van der Waals surface area contributed by atoms with Gasteiger partial charge in [-0.15, -0.1) is 0 Å². The second kappa shape index (κ2) is 5.29. The Morgan fingerprint density at radius 3 is 3.00 bits per heavy atom. The summed E-state index contributed by atoms with van der Waals surface area (Å²) in [4.78, 5) is 11.2. The lowest BCUT2D eigenvalue weighted by atomic mass is 9.84. The van der Waals surface area contributed by atoms with Gasteiger partial charge in [0.15, 0.2) is 0 Å². The number of ether oxygens (including phenoxy) is 2. The minimum absolute atomic E-state index is 0.00547. The van der Waals surface area contributed by atoms with Crippen molar-refractivity contribution in [1.82, 2.24) is 0 Å². The zero-order valence-corrected chi connectivity index (χ0v) is 10.7. The molecule has 0 radical (unpaired) electrons. The molecule has 4 nitrogen and oxygen atoms in total. The maximum Gasteiger partial charge on any atom is 0.306 e. The van der Waals surface area contributed by atoms with E-state index in [1.54, 1.807) is 14.0 Å². The summed E-state index contributed by atoms with van der Waals surface area (Å²) in [5.74, 6) is 0.329. The average molecular weight is 250 g/mol. The third-order valence-corrected chi connectivity index (χ3v) is 3.53. The number of fused-ring (bicyclic) bond motifs is 1. The van der Waals surface area contributed by atoms with Gasteiger partial charge >= 0.3 is 5.97 Å². The van der Waals surface area contributed by atoms with Crippen LogP contribution >= 0.6 is 0 Å². The molecule has 1 aromatic carbocycles. The molecule has 0 spiro atoms. The van der Waals surface area contributed by atoms with Crippen LogP contribution in [0.25, 0.3) is 0 Å². The first-order chi connectivity index (χ1) is 8.63. The SMILES string of the molecule is COc1ccc2c(c1)OCCCC2C(C)C(=O)O. The molecule has 1 aliphatic heterocycles. The van der Waals surface area contributed by atoms with E-state index in [2.05, 4.69) is 0 Å². The number of hydrogen-bond acceptors (Lipinski definition) is 3. The van der Waals surface area contributed by atoms with Crippen molar-refractivity contribution >= 4 is 5.97 Å². The number of rotatable bonds is 3. The predicted octanol–water partition coefficient (Wildman–Crippen LogP) is 2.67. The van der Waals surface area contributed by atoms with E-state index in [0.29, 0.717) is 6.61 Å². The van der Waals surface area contributed by atoms with Crippen LogP contribution in [0.2, 0.25) is 0 Å². The van der Waals surface area contributed by atoms with Crippen LogP contribution < -0.4 is 9.47 Å². The maximum absolute atomic E-state index is 11.2. The molecule has 0 aliphatic carbocycles. The molecule has 0 bridgehead atoms. The van der Waals surface area contributed by atoms with Crippen molar-refractivity contribution < 1.29 is 19.4 Å². The molecule has 4 heteroatoms. The molecule has 0 fully saturated rings. The number of aliphatic carboxylic acids is 1. The van der Waals surface area contributed by atoms with Crippen molar-refractivity contribution in [1.29, 1.82) is 0 Å². The first-order valence-electron chi connectivity index (χ1n) is 6.17. The molecular weight excluding hydrogens is 232 g/mol. The maximum atomic E-state index is 11.2. The molecule has 2 unspecified atom stereocenters. The highest BCUT2D eigenvalue weighted by Gasteiger charge is 2.29. The predicted molar refractivity (Wildman–Crippen MR) is 67.3 cm³/mol. The molecule has 0 saturated heterocycles. The Morgan fingerprint density at radius 2 is 2.33 bits per heavy atom. The standard InChI is InChI=1S/C14H18O4/c1-9(14(15)16)11-4-3-7-18-13-8-10(17-2)5-6-12(11)13/h5-6,8-9,11H,3-4,7H2,1-2H3,(H,15,16). The monoisotopic (exact) mass is 250 g/mol. The number of hydrogen-bond donors (Lipinski definition) is 1. The van der Waals surface area contributed by atoms with E-state index >= 15 is 0 Å². The van der Waals surface area contributed by atoms with Crippen LogP contribution in [0.3, 0.4) is 0 Å². The van der Waals surface area contributed by atoms with Gasteiger partial charge in [0, 0.05) is 12.0 Å². The van der Waals surface area contributed by atoms with Crippen molar-refractivity contribution in [3.63, 3.8) is 0 Å². The molecule has 1 aromatic rings. The summed E-state index contributed by atoms with van der Waals surface area (Å²) in [7, 11) is 1.61. The minimum atomic E-state index is -0.760. The fraction of sp³-hybridized carbons (Fsp3) is 0.500. The zero-order chi connectivity index (χ0) is 13.1. The summed E-state index contributed by atoms with van der Waals surface area (Å²) in [5.41, 5.74) is 0.975. The van der Waals surface area contributed by atoms with Crippen molar-refractivity contribution in [2.75, 3.05) is 13.7 Å². The number of carboxylic acids is 1. The van der Waals surface area contributed by atoms with Crippen LogP contribution in [0.15, 0.2) is 18.2 Å². The molecule has 0 saturated carbocycles. The largest absolute Gasteiger partial charge is 0.497 e. The number of carbonyl (C=O) groups is 1. The Balaban J connectivity index is 2.38. The van der Waals surface area contributed by atoms with Crippen LogP contribution in [0.4, 0.5) is 0 Å². The van der Waals surface area contributed by atoms with Gasteiger partial charge in [-0.2, -0.15) is 0 Å². The molecule has 1 N–H and O–H groups in total. The van der Waals surface area contributed by atoms with Gasteiger partial charge in [0.1, 0.15) is 11.5 Å². The lowest BCUT2D eigenvalue weighted by Gasteiger charge is -2.20. The fourth-order valence-corrected chi connectivity index (χ4v) is 2.41. The lowest BCUT2D eigenvalue weighted by Crippen LogP contribution is -2.18. The highest BCUT2D eigenvalue weighted by molar-refractivity contribution is 5.71. The summed E-state index contributed by atoms with van der Waals surface area (Å²) >= 11 is 0. The van der Waals surface area contributed by atoms with Gasteiger partial charge in [0.05, 0.1) is 19.6 Å². The average Bonchev–Trinajstić information content (AvgIpc) is 2.58. The van der Waals surface area contributed by atoms with E-state index < -0.39 is 11.9 Å². The van der Waals surface area contributed by atoms with Gasteiger partial charge in [-0.1, -0.05) is 13.0 Å². The lowest BCUT2D eigenvalue weighted by molar-refractivity contribution is -0.141. The Bertz CT molecular complexity index is 441. The summed E-state index contributed by atoms with van der Waals surface area (Å²) in [6.07, 6.45) is 1.71. The minimum Gasteiger partial charge on any atom is -0.497 e. The van der Waals surface area contributed by atoms with Gasteiger partial charge in [-0.3, -0.25) is 4.79 Å². The van der Waals surface area contributed by atoms with E-state index in [1.165, 1.54) is 0 Å². The van der Waals surface area contributed by atoms with Crippen LogP contribution in [0.1, 0.15) is 31.2 Å². The molecule has 1 heterocycles. The first-order valence-corrected chi connectivity index (χ1v) is 6.17. The quantitative estimate of drug-likeness (QED) is 0.896. The van der Waals surface area contributed by atoms with E-state index in [0.717, 1.165) is 29.9 Å². The Kier molecular flexibility index (Phi) is 3.75. The normalized spacial score (nSPS) is 20.2. The van der Waals surface area contributed by atoms with E-state index in [9.17, 15) is 9.90 Å². The van der Waals surface area contributed by atoms with Gasteiger partial charge in [0.25, 0.3) is 0 Å². The van der Waals surface area contributed by atoms with Crippen molar-refractivity contribution in [2.45, 2.75) is 25.7 Å². The van der Waals surface area contributed by atoms with Crippen molar-refractivity contribution in [3.8, 4) is 11.5 Å². The molecule has 0 amide bonds. The third kappa shape index (κ3) is 2.42. The van der Waals surface area contributed by atoms with Crippen molar-refractivity contribution in [3.05, 3.63) is 23.8 Å². The Labute approximate surface area is 107 Å². The number of carboxylic acid groups (broad SMARTS) is 1. The second-order valence-corrected chi connectivity index (χ2v) is 4.63. The van der Waals surface area contributed by atoms with Crippen LogP contribution in [-0.2, 0) is 4.79 Å². The van der Waals surface area contributed by atoms with E-state index in [1.807, 2.05) is 18.2 Å². The Morgan fingerprint density at radius 1 is 1.56 bits per heavy atom. The zero-order valence-electron chi connectivity index (χ0n) is 10.7. The Hall–Kier alpha value is -1.71. The first kappa shape index (κ1) is 12.7. The fourth-order valence-electron chi connectivity index (χ4n) is 2.41. The highest BCUT2D eigenvalue weighted by atomic mass is 16.5. The summed E-state index contributed by atoms with van der Waals surface area (Å²) in [6.45, 7) is 2.38. The topological polar surface area (TPSA) is 55.8 Å². The number of benzene rings is 1. The summed E-state index contributed by atoms with van der Waals surface area (Å²) in [6, 6.07) is 5.61. The third-order valence-electron chi connectivity index (χ3n) is 3.53. The highest BCUT2D eigenvalue weighted by Crippen LogP contribution is 2.39. The van der Waals surface area contributed by atoms with Gasteiger partial charge in [-0.25, -0.2) is 0 Å². The summed E-state index contributed by atoms with van der Waals surface area (Å²) in [5, 5.41) is 9.19. The molecule has 2 rings (SSSR count). The molecule has 98 valence electrons. The van der Waals surface area contributed by atoms with Gasteiger partial charge < -0.3 is 14.6 Å². The van der Waals surface area contributed by atoms with Gasteiger partial charge in [-0.05, 0) is 24.5 Å². The molecule has 0 aromatic heterocycles. The van der Waals surface area contributed by atoms with Crippen LogP contribution in [0, 0.1) is 5.92 Å². The smallest absolute Gasteiger partial charge is 0.306 e. The van der Waals surface area contributed by atoms with E-state index in [-0.39, 0.29) is 5.92 Å². The van der Waals surface area contributed by atoms with Crippen molar-refractivity contribution in [2.24, 2.45) is 5.92 Å². The second-order valence-electron chi connectivity index (χ2n) is 4.63.